The fourth-order valence-corrected chi connectivity index (χ4v) is 1.89. The molecule has 6 nitrogen and oxygen atoms in total. The highest BCUT2D eigenvalue weighted by Gasteiger charge is 2.23. The van der Waals surface area contributed by atoms with Crippen LogP contribution in [-0.4, -0.2) is 30.6 Å². The molecule has 0 aliphatic carbocycles. The number of ether oxygens (including phenoxy) is 1. The molecule has 0 radical (unpaired) electrons. The van der Waals surface area contributed by atoms with Crippen LogP contribution in [0.2, 0.25) is 0 Å². The molecule has 0 spiro atoms. The standard InChI is InChI=1S/C16H19F2N3O3/c1-3-11(19)14(15(20)21-4-2)16(23)24-8-12(22)13-9(17)6-5-7-10(13)18/h5-7,19,21H,3-4,8,20H2,1-2H3/b15-14+,19-11?. The van der Waals surface area contributed by atoms with E-state index in [9.17, 15) is 18.4 Å². The highest BCUT2D eigenvalue weighted by Crippen LogP contribution is 2.13. The van der Waals surface area contributed by atoms with Crippen LogP contribution in [0.15, 0.2) is 29.6 Å². The Balaban J connectivity index is 2.92. The van der Waals surface area contributed by atoms with E-state index in [0.717, 1.165) is 18.2 Å². The topological polar surface area (TPSA) is 105 Å². The van der Waals surface area contributed by atoms with Crippen molar-refractivity contribution < 1.29 is 23.1 Å². The number of Topliss-reactive ketones (excluding diaryl/α,β-unsaturated/α-hetero) is 1. The summed E-state index contributed by atoms with van der Waals surface area (Å²) in [7, 11) is 0. The van der Waals surface area contributed by atoms with Crippen LogP contribution in [0.5, 0.6) is 0 Å². The van der Waals surface area contributed by atoms with Gasteiger partial charge >= 0.3 is 5.97 Å². The molecule has 8 heteroatoms. The second-order valence-corrected chi connectivity index (χ2v) is 4.75. The van der Waals surface area contributed by atoms with Crippen molar-refractivity contribution in [2.75, 3.05) is 13.2 Å². The van der Waals surface area contributed by atoms with E-state index in [4.69, 9.17) is 15.9 Å². The first-order valence-corrected chi connectivity index (χ1v) is 7.29. The van der Waals surface area contributed by atoms with E-state index in [1.165, 1.54) is 0 Å². The summed E-state index contributed by atoms with van der Waals surface area (Å²) in [5.41, 5.74) is 4.63. The summed E-state index contributed by atoms with van der Waals surface area (Å²) in [5, 5.41) is 10.5. The number of benzene rings is 1. The fraction of sp³-hybridized carbons (Fsp3) is 0.312. The predicted octanol–water partition coefficient (Wildman–Crippen LogP) is 1.90. The molecule has 0 unspecified atom stereocenters. The van der Waals surface area contributed by atoms with Crippen LogP contribution >= 0.6 is 0 Å². The Morgan fingerprint density at radius 1 is 1.25 bits per heavy atom. The summed E-state index contributed by atoms with van der Waals surface area (Å²) >= 11 is 0. The number of esters is 1. The Kier molecular flexibility index (Phi) is 7.03. The van der Waals surface area contributed by atoms with E-state index in [1.807, 2.05) is 0 Å². The van der Waals surface area contributed by atoms with E-state index in [-0.39, 0.29) is 23.5 Å². The number of carbonyl (C=O) groups is 2. The first-order valence-electron chi connectivity index (χ1n) is 7.29. The van der Waals surface area contributed by atoms with Gasteiger partial charge in [0.05, 0.1) is 5.56 Å². The Bertz CT molecular complexity index is 667. The molecule has 0 aliphatic rings. The van der Waals surface area contributed by atoms with Gasteiger partial charge in [-0.15, -0.1) is 0 Å². The SMILES string of the molecule is CCN/C(N)=C(\C(=N)CC)C(=O)OCC(=O)c1c(F)cccc1F. The van der Waals surface area contributed by atoms with Crippen LogP contribution in [0.4, 0.5) is 8.78 Å². The molecule has 0 saturated heterocycles. The zero-order valence-corrected chi connectivity index (χ0v) is 13.4. The molecule has 0 amide bonds. The zero-order valence-electron chi connectivity index (χ0n) is 13.4. The third-order valence-electron chi connectivity index (χ3n) is 3.07. The lowest BCUT2D eigenvalue weighted by Gasteiger charge is -2.12. The van der Waals surface area contributed by atoms with Crippen LogP contribution in [-0.2, 0) is 9.53 Å². The predicted molar refractivity (Wildman–Crippen MR) is 84.6 cm³/mol. The monoisotopic (exact) mass is 339 g/mol. The van der Waals surface area contributed by atoms with Gasteiger partial charge in [-0.3, -0.25) is 4.79 Å². The molecule has 0 aliphatic heterocycles. The van der Waals surface area contributed by atoms with Crippen LogP contribution in [0.3, 0.4) is 0 Å². The highest BCUT2D eigenvalue weighted by atomic mass is 19.1. The van der Waals surface area contributed by atoms with Crippen molar-refractivity contribution in [1.29, 1.82) is 5.41 Å². The fourth-order valence-electron chi connectivity index (χ4n) is 1.89. The molecular weight excluding hydrogens is 320 g/mol. The van der Waals surface area contributed by atoms with Crippen molar-refractivity contribution in [3.8, 4) is 0 Å². The Labute approximate surface area is 138 Å². The van der Waals surface area contributed by atoms with Crippen LogP contribution in [0, 0.1) is 17.0 Å². The second-order valence-electron chi connectivity index (χ2n) is 4.75. The molecule has 1 rings (SSSR count). The van der Waals surface area contributed by atoms with E-state index in [2.05, 4.69) is 5.32 Å². The van der Waals surface area contributed by atoms with Gasteiger partial charge in [0, 0.05) is 12.3 Å². The molecule has 1 aromatic rings. The Morgan fingerprint density at radius 3 is 2.33 bits per heavy atom. The second kappa shape index (κ2) is 8.76. The minimum Gasteiger partial charge on any atom is -0.454 e. The maximum atomic E-state index is 13.5. The highest BCUT2D eigenvalue weighted by molar-refractivity contribution is 6.19. The van der Waals surface area contributed by atoms with Gasteiger partial charge in [0.25, 0.3) is 0 Å². The number of carbonyl (C=O) groups excluding carboxylic acids is 2. The lowest BCUT2D eigenvalue weighted by atomic mass is 10.1. The number of rotatable bonds is 8. The molecule has 1 aromatic carbocycles. The molecule has 0 fully saturated rings. The number of ketones is 1. The van der Waals surface area contributed by atoms with Crippen molar-refractivity contribution in [2.24, 2.45) is 5.73 Å². The minimum absolute atomic E-state index is 0.0566. The smallest absolute Gasteiger partial charge is 0.344 e. The average Bonchev–Trinajstić information content (AvgIpc) is 2.53. The zero-order chi connectivity index (χ0) is 18.3. The molecule has 130 valence electrons. The van der Waals surface area contributed by atoms with E-state index >= 15 is 0 Å². The van der Waals surface area contributed by atoms with Crippen molar-refractivity contribution in [2.45, 2.75) is 20.3 Å². The number of hydrogen-bond donors (Lipinski definition) is 3. The molecule has 4 N–H and O–H groups in total. The summed E-state index contributed by atoms with van der Waals surface area (Å²) < 4.78 is 31.8. The molecular formula is C16H19F2N3O3. The molecule has 0 heterocycles. The van der Waals surface area contributed by atoms with Crippen LogP contribution in [0.1, 0.15) is 30.6 Å². The summed E-state index contributed by atoms with van der Waals surface area (Å²) in [6.07, 6.45) is 0.215. The average molecular weight is 339 g/mol. The number of nitrogens with one attached hydrogen (secondary N) is 2. The van der Waals surface area contributed by atoms with Crippen molar-refractivity contribution in [1.82, 2.24) is 5.32 Å². The van der Waals surface area contributed by atoms with Gasteiger partial charge < -0.3 is 21.2 Å². The van der Waals surface area contributed by atoms with Crippen LogP contribution in [0.25, 0.3) is 0 Å². The van der Waals surface area contributed by atoms with Crippen molar-refractivity contribution in [3.05, 3.63) is 46.8 Å². The summed E-state index contributed by atoms with van der Waals surface area (Å²) in [4.78, 5) is 24.0. The quantitative estimate of drug-likeness (QED) is 0.290. The Hall–Kier alpha value is -2.77. The number of hydrogen-bond acceptors (Lipinski definition) is 6. The van der Waals surface area contributed by atoms with Gasteiger partial charge in [-0.1, -0.05) is 13.0 Å². The van der Waals surface area contributed by atoms with Gasteiger partial charge in [-0.2, -0.15) is 0 Å². The van der Waals surface area contributed by atoms with Gasteiger partial charge in [-0.25, -0.2) is 13.6 Å². The molecule has 0 saturated carbocycles. The number of halogens is 2. The summed E-state index contributed by atoms with van der Waals surface area (Å²) in [6, 6.07) is 2.98. The van der Waals surface area contributed by atoms with Gasteiger partial charge in [-0.05, 0) is 25.5 Å². The third-order valence-corrected chi connectivity index (χ3v) is 3.07. The minimum atomic E-state index is -1.04. The van der Waals surface area contributed by atoms with Gasteiger partial charge in [0.15, 0.2) is 6.61 Å². The first-order chi connectivity index (χ1) is 11.3. The lowest BCUT2D eigenvalue weighted by molar-refractivity contribution is -0.137. The molecule has 24 heavy (non-hydrogen) atoms. The summed E-state index contributed by atoms with van der Waals surface area (Å²) in [6.45, 7) is 2.94. The molecule has 0 atom stereocenters. The normalized spacial score (nSPS) is 11.5. The van der Waals surface area contributed by atoms with E-state index in [1.54, 1.807) is 13.8 Å². The largest absolute Gasteiger partial charge is 0.454 e. The van der Waals surface area contributed by atoms with Crippen LogP contribution < -0.4 is 11.1 Å². The van der Waals surface area contributed by atoms with E-state index in [0.29, 0.717) is 6.54 Å². The lowest BCUT2D eigenvalue weighted by Crippen LogP contribution is -2.29. The number of nitrogens with two attached hydrogens (primary N) is 1. The molecule has 0 bridgehead atoms. The van der Waals surface area contributed by atoms with Crippen molar-refractivity contribution in [3.63, 3.8) is 0 Å². The maximum Gasteiger partial charge on any atom is 0.344 e. The van der Waals surface area contributed by atoms with Crippen molar-refractivity contribution >= 4 is 17.5 Å². The maximum absolute atomic E-state index is 13.5. The van der Waals surface area contributed by atoms with Gasteiger partial charge in [0.2, 0.25) is 5.78 Å². The summed E-state index contributed by atoms with van der Waals surface area (Å²) in [5.74, 6) is -4.17. The molecule has 0 aromatic heterocycles. The Morgan fingerprint density at radius 2 is 1.83 bits per heavy atom. The van der Waals surface area contributed by atoms with Gasteiger partial charge in [0.1, 0.15) is 23.0 Å². The first kappa shape index (κ1) is 19.3. The van der Waals surface area contributed by atoms with E-state index < -0.39 is 35.6 Å². The third kappa shape index (κ3) is 4.61.